The molecule has 162 valence electrons. The van der Waals surface area contributed by atoms with Crippen molar-refractivity contribution >= 4 is 21.7 Å². The Morgan fingerprint density at radius 3 is 2.70 bits per heavy atom. The van der Waals surface area contributed by atoms with Crippen molar-refractivity contribution in [1.82, 2.24) is 20.9 Å². The highest BCUT2D eigenvalue weighted by molar-refractivity contribution is 7.91. The number of benzene rings is 1. The first kappa shape index (κ1) is 21.8. The standard InChI is InChI=1S/C20H27N5O4S/c1-14-3-5-15(6-4-14)19-25-17(12-29-19)11-23-20(21-2)22-9-7-18(26)24-16-8-10-30(27,28)13-16/h3-6,12,16H,7-11,13H2,1-2H3,(H,24,26)(H2,21,22,23). The highest BCUT2D eigenvalue weighted by Gasteiger charge is 2.28. The molecule has 2 aromatic rings. The van der Waals surface area contributed by atoms with Crippen molar-refractivity contribution in [1.29, 1.82) is 0 Å². The first-order valence-corrected chi connectivity index (χ1v) is 11.6. The Labute approximate surface area is 176 Å². The molecule has 0 radical (unpaired) electrons. The zero-order chi connectivity index (χ0) is 21.6. The SMILES string of the molecule is CN=C(NCCC(=O)NC1CCS(=O)(=O)C1)NCc1coc(-c2ccc(C)cc2)n1. The molecule has 2 heterocycles. The number of rotatable bonds is 7. The molecule has 30 heavy (non-hydrogen) atoms. The minimum atomic E-state index is -3.00. The van der Waals surface area contributed by atoms with Gasteiger partial charge >= 0.3 is 0 Å². The van der Waals surface area contributed by atoms with Crippen LogP contribution in [0.4, 0.5) is 0 Å². The van der Waals surface area contributed by atoms with Crippen LogP contribution in [-0.4, -0.2) is 56.4 Å². The van der Waals surface area contributed by atoms with Gasteiger partial charge in [0.1, 0.15) is 6.26 Å². The van der Waals surface area contributed by atoms with Gasteiger partial charge in [0, 0.05) is 31.6 Å². The topological polar surface area (TPSA) is 126 Å². The van der Waals surface area contributed by atoms with Crippen molar-refractivity contribution in [3.05, 3.63) is 41.8 Å². The molecule has 1 saturated heterocycles. The van der Waals surface area contributed by atoms with E-state index in [-0.39, 0.29) is 29.9 Å². The second-order valence-corrected chi connectivity index (χ2v) is 9.51. The number of aliphatic imine (C=N–C) groups is 1. The quantitative estimate of drug-likeness (QED) is 0.439. The summed E-state index contributed by atoms with van der Waals surface area (Å²) in [7, 11) is -1.37. The molecule has 0 bridgehead atoms. The van der Waals surface area contributed by atoms with E-state index in [2.05, 4.69) is 25.9 Å². The average Bonchev–Trinajstić information content (AvgIpc) is 3.31. The highest BCUT2D eigenvalue weighted by Crippen LogP contribution is 2.19. The van der Waals surface area contributed by atoms with E-state index in [9.17, 15) is 13.2 Å². The number of amides is 1. The van der Waals surface area contributed by atoms with Crippen molar-refractivity contribution in [2.75, 3.05) is 25.1 Å². The monoisotopic (exact) mass is 433 g/mol. The number of aromatic nitrogens is 1. The van der Waals surface area contributed by atoms with Crippen molar-refractivity contribution in [3.8, 4) is 11.5 Å². The number of oxazole rings is 1. The van der Waals surface area contributed by atoms with Gasteiger partial charge in [-0.3, -0.25) is 9.79 Å². The van der Waals surface area contributed by atoms with Gasteiger partial charge in [-0.15, -0.1) is 0 Å². The fraction of sp³-hybridized carbons (Fsp3) is 0.450. The minimum absolute atomic E-state index is 0.0255. The van der Waals surface area contributed by atoms with Crippen LogP contribution in [0, 0.1) is 6.92 Å². The molecule has 1 aromatic heterocycles. The minimum Gasteiger partial charge on any atom is -0.444 e. The zero-order valence-corrected chi connectivity index (χ0v) is 18.0. The van der Waals surface area contributed by atoms with Crippen molar-refractivity contribution < 1.29 is 17.6 Å². The van der Waals surface area contributed by atoms with Gasteiger partial charge in [-0.25, -0.2) is 13.4 Å². The summed E-state index contributed by atoms with van der Waals surface area (Å²) in [6.07, 6.45) is 2.30. The Hall–Kier alpha value is -2.88. The van der Waals surface area contributed by atoms with E-state index in [0.29, 0.717) is 31.4 Å². The molecule has 1 amide bonds. The third kappa shape index (κ3) is 6.31. The summed E-state index contributed by atoms with van der Waals surface area (Å²) >= 11 is 0. The molecule has 3 N–H and O–H groups in total. The van der Waals surface area contributed by atoms with Gasteiger partial charge in [-0.2, -0.15) is 0 Å². The number of nitrogens with one attached hydrogen (secondary N) is 3. The molecule has 1 aliphatic rings. The summed E-state index contributed by atoms with van der Waals surface area (Å²) in [6, 6.07) is 7.65. The summed E-state index contributed by atoms with van der Waals surface area (Å²) in [5, 5.41) is 8.95. The van der Waals surface area contributed by atoms with Gasteiger partial charge in [0.25, 0.3) is 0 Å². The molecule has 3 rings (SSSR count). The van der Waals surface area contributed by atoms with E-state index in [1.165, 1.54) is 5.56 Å². The van der Waals surface area contributed by atoms with Crippen molar-refractivity contribution in [2.45, 2.75) is 32.4 Å². The van der Waals surface area contributed by atoms with Crippen LogP contribution in [-0.2, 0) is 21.2 Å². The Kier molecular flexibility index (Phi) is 7.09. The lowest BCUT2D eigenvalue weighted by atomic mass is 10.1. The van der Waals surface area contributed by atoms with E-state index in [4.69, 9.17) is 4.42 Å². The fourth-order valence-electron chi connectivity index (χ4n) is 3.11. The van der Waals surface area contributed by atoms with Crippen LogP contribution < -0.4 is 16.0 Å². The fourth-order valence-corrected chi connectivity index (χ4v) is 4.79. The van der Waals surface area contributed by atoms with Gasteiger partial charge in [-0.1, -0.05) is 17.7 Å². The Balaban J connectivity index is 1.40. The van der Waals surface area contributed by atoms with E-state index in [1.54, 1.807) is 13.3 Å². The van der Waals surface area contributed by atoms with Crippen LogP contribution in [0.15, 0.2) is 39.9 Å². The van der Waals surface area contributed by atoms with Gasteiger partial charge in [0.05, 0.1) is 23.7 Å². The molecule has 1 atom stereocenters. The zero-order valence-electron chi connectivity index (χ0n) is 17.1. The molecular formula is C20H27N5O4S. The Bertz CT molecular complexity index is 998. The maximum Gasteiger partial charge on any atom is 0.226 e. The van der Waals surface area contributed by atoms with Crippen LogP contribution in [0.25, 0.3) is 11.5 Å². The van der Waals surface area contributed by atoms with Crippen molar-refractivity contribution in [2.24, 2.45) is 4.99 Å². The number of hydrogen-bond donors (Lipinski definition) is 3. The van der Waals surface area contributed by atoms with Crippen LogP contribution >= 0.6 is 0 Å². The predicted molar refractivity (Wildman–Crippen MR) is 115 cm³/mol. The maximum atomic E-state index is 12.0. The maximum absolute atomic E-state index is 12.0. The summed E-state index contributed by atoms with van der Waals surface area (Å²) < 4.78 is 28.4. The normalized spacial score (nSPS) is 18.2. The molecule has 10 heteroatoms. The number of aryl methyl sites for hydroxylation is 1. The second-order valence-electron chi connectivity index (χ2n) is 7.28. The van der Waals surface area contributed by atoms with Gasteiger partial charge in [-0.05, 0) is 25.5 Å². The number of hydrogen-bond acceptors (Lipinski definition) is 6. The largest absolute Gasteiger partial charge is 0.444 e. The van der Waals surface area contributed by atoms with Gasteiger partial charge in [0.2, 0.25) is 11.8 Å². The summed E-state index contributed by atoms with van der Waals surface area (Å²) in [5.41, 5.74) is 2.81. The van der Waals surface area contributed by atoms with E-state index in [0.717, 1.165) is 11.3 Å². The molecule has 1 unspecified atom stereocenters. The number of sulfone groups is 1. The highest BCUT2D eigenvalue weighted by atomic mass is 32.2. The van der Waals surface area contributed by atoms with E-state index < -0.39 is 9.84 Å². The molecule has 1 aromatic carbocycles. The van der Waals surface area contributed by atoms with Crippen LogP contribution in [0.5, 0.6) is 0 Å². The summed E-state index contributed by atoms with van der Waals surface area (Å²) in [6.45, 7) is 2.82. The number of nitrogens with zero attached hydrogens (tertiary/aromatic N) is 2. The Morgan fingerprint density at radius 1 is 1.27 bits per heavy atom. The molecule has 0 saturated carbocycles. The van der Waals surface area contributed by atoms with Crippen LogP contribution in [0.1, 0.15) is 24.1 Å². The second kappa shape index (κ2) is 9.75. The molecule has 9 nitrogen and oxygen atoms in total. The first-order chi connectivity index (χ1) is 14.3. The van der Waals surface area contributed by atoms with Gasteiger partial charge < -0.3 is 20.4 Å². The van der Waals surface area contributed by atoms with E-state index in [1.807, 2.05) is 31.2 Å². The predicted octanol–water partition coefficient (Wildman–Crippen LogP) is 1.01. The molecule has 0 spiro atoms. The third-order valence-electron chi connectivity index (χ3n) is 4.75. The lowest BCUT2D eigenvalue weighted by molar-refractivity contribution is -0.121. The van der Waals surface area contributed by atoms with Crippen LogP contribution in [0.2, 0.25) is 0 Å². The number of carbonyl (C=O) groups excluding carboxylic acids is 1. The molecule has 1 fully saturated rings. The Morgan fingerprint density at radius 2 is 2.03 bits per heavy atom. The third-order valence-corrected chi connectivity index (χ3v) is 6.52. The van der Waals surface area contributed by atoms with Crippen molar-refractivity contribution in [3.63, 3.8) is 0 Å². The molecule has 0 aliphatic carbocycles. The van der Waals surface area contributed by atoms with Gasteiger partial charge in [0.15, 0.2) is 15.8 Å². The molecular weight excluding hydrogens is 406 g/mol. The summed E-state index contributed by atoms with van der Waals surface area (Å²) in [4.78, 5) is 20.6. The van der Waals surface area contributed by atoms with E-state index >= 15 is 0 Å². The lowest BCUT2D eigenvalue weighted by Gasteiger charge is -2.13. The van der Waals surface area contributed by atoms with Crippen LogP contribution in [0.3, 0.4) is 0 Å². The lowest BCUT2D eigenvalue weighted by Crippen LogP contribution is -2.41. The smallest absolute Gasteiger partial charge is 0.226 e. The number of guanidine groups is 1. The number of carbonyl (C=O) groups is 1. The molecule has 1 aliphatic heterocycles. The average molecular weight is 434 g/mol. The summed E-state index contributed by atoms with van der Waals surface area (Å²) in [5.74, 6) is 1.07. The first-order valence-electron chi connectivity index (χ1n) is 9.80.